The lowest BCUT2D eigenvalue weighted by Crippen LogP contribution is -2.14. The minimum Gasteiger partial charge on any atom is -0.430 e. The van der Waals surface area contributed by atoms with Gasteiger partial charge in [0, 0.05) is 23.5 Å². The maximum Gasteiger partial charge on any atom is 0.299 e. The van der Waals surface area contributed by atoms with Crippen molar-refractivity contribution in [3.63, 3.8) is 0 Å². The summed E-state index contributed by atoms with van der Waals surface area (Å²) in [4.78, 5) is 28.8. The molecule has 0 aliphatic rings. The van der Waals surface area contributed by atoms with E-state index in [1.165, 1.54) is 33.7 Å². The number of carbonyl (C=O) groups is 1. The number of rotatable bonds is 4. The number of hydrogen-bond donors (Lipinski definition) is 1. The number of hydrogen-bond acceptors (Lipinski definition) is 6. The number of amides is 1. The smallest absolute Gasteiger partial charge is 0.299 e. The van der Waals surface area contributed by atoms with Gasteiger partial charge in [-0.3, -0.25) is 9.59 Å². The maximum absolute atomic E-state index is 12.5. The van der Waals surface area contributed by atoms with Crippen molar-refractivity contribution in [1.29, 1.82) is 0 Å². The summed E-state index contributed by atoms with van der Waals surface area (Å²) >= 11 is 1.17. The minimum atomic E-state index is -0.264. The molecule has 7 nitrogen and oxygen atoms in total. The molecule has 30 heavy (non-hydrogen) atoms. The fourth-order valence-corrected chi connectivity index (χ4v) is 3.55. The lowest BCUT2D eigenvalue weighted by molar-refractivity contribution is 0.102. The van der Waals surface area contributed by atoms with E-state index in [0.717, 1.165) is 0 Å². The van der Waals surface area contributed by atoms with Crippen LogP contribution in [0, 0.1) is 0 Å². The molecule has 8 heteroatoms. The van der Waals surface area contributed by atoms with Crippen molar-refractivity contribution in [2.75, 3.05) is 5.32 Å². The zero-order valence-corrected chi connectivity index (χ0v) is 17.6. The number of carbonyl (C=O) groups excluding carboxylic acids is 1. The molecule has 0 aliphatic heterocycles. The van der Waals surface area contributed by atoms with Gasteiger partial charge >= 0.3 is 0 Å². The molecule has 2 heterocycles. The van der Waals surface area contributed by atoms with Crippen molar-refractivity contribution in [3.05, 3.63) is 82.3 Å². The van der Waals surface area contributed by atoms with Crippen LogP contribution in [-0.2, 0) is 5.41 Å². The van der Waals surface area contributed by atoms with Gasteiger partial charge in [-0.15, -0.1) is 5.10 Å². The van der Waals surface area contributed by atoms with Gasteiger partial charge in [-0.1, -0.05) is 32.9 Å². The molecule has 0 saturated heterocycles. The van der Waals surface area contributed by atoms with E-state index >= 15 is 0 Å². The Morgan fingerprint density at radius 2 is 1.73 bits per heavy atom. The van der Waals surface area contributed by atoms with Crippen molar-refractivity contribution in [1.82, 2.24) is 14.6 Å². The van der Waals surface area contributed by atoms with Crippen molar-refractivity contribution >= 4 is 27.9 Å². The highest BCUT2D eigenvalue weighted by atomic mass is 32.1. The summed E-state index contributed by atoms with van der Waals surface area (Å²) in [6.07, 6.45) is 1.44. The summed E-state index contributed by atoms with van der Waals surface area (Å²) in [5.74, 6) is 0.357. The first-order valence-electron chi connectivity index (χ1n) is 9.34. The molecule has 0 saturated carbocycles. The Labute approximate surface area is 177 Å². The third-order valence-electron chi connectivity index (χ3n) is 4.48. The number of benzene rings is 2. The molecule has 0 radical (unpaired) electrons. The van der Waals surface area contributed by atoms with E-state index in [2.05, 4.69) is 36.2 Å². The Kier molecular flexibility index (Phi) is 5.09. The number of ether oxygens (including phenoxy) is 1. The second kappa shape index (κ2) is 7.72. The highest BCUT2D eigenvalue weighted by Crippen LogP contribution is 2.27. The van der Waals surface area contributed by atoms with Gasteiger partial charge in [-0.2, -0.15) is 4.52 Å². The third kappa shape index (κ3) is 4.23. The lowest BCUT2D eigenvalue weighted by atomic mass is 9.87. The number of nitrogens with one attached hydrogen (secondary N) is 1. The first-order chi connectivity index (χ1) is 14.3. The van der Waals surface area contributed by atoms with E-state index in [-0.39, 0.29) is 16.9 Å². The van der Waals surface area contributed by atoms with Gasteiger partial charge in [0.1, 0.15) is 5.75 Å². The van der Waals surface area contributed by atoms with Gasteiger partial charge in [-0.05, 0) is 58.7 Å². The van der Waals surface area contributed by atoms with Crippen LogP contribution in [0.3, 0.4) is 0 Å². The first-order valence-corrected chi connectivity index (χ1v) is 10.2. The van der Waals surface area contributed by atoms with Gasteiger partial charge < -0.3 is 10.1 Å². The molecule has 0 unspecified atom stereocenters. The average Bonchev–Trinajstić information content (AvgIpc) is 3.13. The van der Waals surface area contributed by atoms with E-state index < -0.39 is 0 Å². The zero-order valence-electron chi connectivity index (χ0n) is 16.7. The Morgan fingerprint density at radius 1 is 1.03 bits per heavy atom. The van der Waals surface area contributed by atoms with Crippen LogP contribution in [0.4, 0.5) is 5.69 Å². The standard InChI is InChI=1S/C22H20N4O3S/c1-22(2,3)15-6-4-14(5-7-15)19(28)24-16-8-10-17(11-9-16)29-21-25-26-18(27)12-13-23-20(26)30-21/h4-13H,1-3H3,(H,24,28). The quantitative estimate of drug-likeness (QED) is 0.526. The van der Waals surface area contributed by atoms with E-state index in [1.54, 1.807) is 24.3 Å². The average molecular weight is 420 g/mol. The summed E-state index contributed by atoms with van der Waals surface area (Å²) in [7, 11) is 0. The van der Waals surface area contributed by atoms with E-state index in [4.69, 9.17) is 4.74 Å². The molecule has 0 spiro atoms. The summed E-state index contributed by atoms with van der Waals surface area (Å²) in [6, 6.07) is 15.9. The van der Waals surface area contributed by atoms with Crippen LogP contribution in [0.1, 0.15) is 36.7 Å². The molecule has 1 N–H and O–H groups in total. The van der Waals surface area contributed by atoms with Gasteiger partial charge in [0.25, 0.3) is 16.7 Å². The maximum atomic E-state index is 12.5. The van der Waals surface area contributed by atoms with Crippen molar-refractivity contribution in [2.24, 2.45) is 0 Å². The number of anilines is 1. The lowest BCUT2D eigenvalue weighted by Gasteiger charge is -2.19. The van der Waals surface area contributed by atoms with E-state index in [0.29, 0.717) is 27.2 Å². The Morgan fingerprint density at radius 3 is 2.37 bits per heavy atom. The predicted molar refractivity (Wildman–Crippen MR) is 117 cm³/mol. The van der Waals surface area contributed by atoms with Crippen LogP contribution in [0.25, 0.3) is 4.96 Å². The first kappa shape index (κ1) is 19.8. The van der Waals surface area contributed by atoms with Crippen LogP contribution < -0.4 is 15.6 Å². The zero-order chi connectivity index (χ0) is 21.3. The largest absolute Gasteiger partial charge is 0.430 e. The van der Waals surface area contributed by atoms with Gasteiger partial charge in [-0.25, -0.2) is 4.98 Å². The molecular weight excluding hydrogens is 400 g/mol. The van der Waals surface area contributed by atoms with Gasteiger partial charge in [0.05, 0.1) is 0 Å². The van der Waals surface area contributed by atoms with Crippen molar-refractivity contribution in [3.8, 4) is 10.9 Å². The molecule has 4 aromatic rings. The van der Waals surface area contributed by atoms with Crippen LogP contribution >= 0.6 is 11.3 Å². The molecule has 2 aromatic heterocycles. The summed E-state index contributed by atoms with van der Waals surface area (Å²) in [5, 5.41) is 7.29. The fourth-order valence-electron chi connectivity index (χ4n) is 2.80. The second-order valence-corrected chi connectivity index (χ2v) is 8.67. The summed E-state index contributed by atoms with van der Waals surface area (Å²) < 4.78 is 6.90. The normalized spacial score (nSPS) is 11.4. The van der Waals surface area contributed by atoms with Crippen LogP contribution in [-0.4, -0.2) is 20.5 Å². The van der Waals surface area contributed by atoms with E-state index in [9.17, 15) is 9.59 Å². The van der Waals surface area contributed by atoms with Crippen molar-refractivity contribution < 1.29 is 9.53 Å². The summed E-state index contributed by atoms with van der Waals surface area (Å²) in [5.41, 5.74) is 2.19. The molecule has 0 fully saturated rings. The Balaban J connectivity index is 1.43. The van der Waals surface area contributed by atoms with Gasteiger partial charge in [0.15, 0.2) is 0 Å². The number of fused-ring (bicyclic) bond motifs is 1. The molecule has 0 bridgehead atoms. The summed E-state index contributed by atoms with van der Waals surface area (Å²) in [6.45, 7) is 6.40. The highest BCUT2D eigenvalue weighted by molar-refractivity contribution is 7.18. The molecule has 0 atom stereocenters. The van der Waals surface area contributed by atoms with Crippen LogP contribution in [0.2, 0.25) is 0 Å². The fraction of sp³-hybridized carbons (Fsp3) is 0.182. The van der Waals surface area contributed by atoms with Crippen LogP contribution in [0.15, 0.2) is 65.6 Å². The molecule has 2 aromatic carbocycles. The molecule has 152 valence electrons. The SMILES string of the molecule is CC(C)(C)c1ccc(C(=O)Nc2ccc(Oc3nn4c(=O)ccnc4s3)cc2)cc1. The van der Waals surface area contributed by atoms with Crippen molar-refractivity contribution in [2.45, 2.75) is 26.2 Å². The highest BCUT2D eigenvalue weighted by Gasteiger charge is 2.14. The number of aromatic nitrogens is 3. The molecular formula is C22H20N4O3S. The molecule has 4 rings (SSSR count). The van der Waals surface area contributed by atoms with Gasteiger partial charge in [0.2, 0.25) is 4.96 Å². The Bertz CT molecular complexity index is 1250. The number of nitrogens with zero attached hydrogens (tertiary/aromatic N) is 3. The van der Waals surface area contributed by atoms with E-state index in [1.807, 2.05) is 24.3 Å². The Hall–Kier alpha value is -3.52. The van der Waals surface area contributed by atoms with Crippen LogP contribution in [0.5, 0.6) is 10.9 Å². The third-order valence-corrected chi connectivity index (χ3v) is 5.28. The second-order valence-electron chi connectivity index (χ2n) is 7.75. The topological polar surface area (TPSA) is 85.6 Å². The monoisotopic (exact) mass is 420 g/mol. The predicted octanol–water partition coefficient (Wildman–Crippen LogP) is 4.49. The molecule has 0 aliphatic carbocycles. The minimum absolute atomic E-state index is 0.0396. The molecule has 1 amide bonds.